The van der Waals surface area contributed by atoms with Crippen LogP contribution in [0.5, 0.6) is 5.75 Å². The van der Waals surface area contributed by atoms with E-state index in [1.165, 1.54) is 23.8 Å². The summed E-state index contributed by atoms with van der Waals surface area (Å²) in [5, 5.41) is 1.20. The van der Waals surface area contributed by atoms with E-state index in [4.69, 9.17) is 10.5 Å². The summed E-state index contributed by atoms with van der Waals surface area (Å²) >= 11 is 0. The summed E-state index contributed by atoms with van der Waals surface area (Å²) in [6.45, 7) is 0. The first-order chi connectivity index (χ1) is 8.23. The molecule has 0 aliphatic heterocycles. The Morgan fingerprint density at radius 1 is 1.29 bits per heavy atom. The first-order valence-electron chi connectivity index (χ1n) is 6.17. The zero-order valence-corrected chi connectivity index (χ0v) is 10.1. The highest BCUT2D eigenvalue weighted by atomic mass is 16.5. The van der Waals surface area contributed by atoms with Gasteiger partial charge in [-0.2, -0.15) is 0 Å². The summed E-state index contributed by atoms with van der Waals surface area (Å²) in [5.74, 6) is 0.889. The molecular formula is C14H18N2O. The van der Waals surface area contributed by atoms with Crippen molar-refractivity contribution >= 4 is 10.9 Å². The SMILES string of the molecule is COc1ccc2[nH]cc(C3(N)CCCC3)c2c1. The molecule has 0 radical (unpaired) electrons. The van der Waals surface area contributed by atoms with E-state index in [2.05, 4.69) is 23.3 Å². The van der Waals surface area contributed by atoms with Gasteiger partial charge in [0.1, 0.15) is 5.75 Å². The number of ether oxygens (including phenoxy) is 1. The Kier molecular flexibility index (Phi) is 2.37. The highest BCUT2D eigenvalue weighted by Crippen LogP contribution is 2.40. The van der Waals surface area contributed by atoms with Gasteiger partial charge in [0, 0.05) is 22.6 Å². The normalized spacial score (nSPS) is 18.7. The summed E-state index contributed by atoms with van der Waals surface area (Å²) in [7, 11) is 1.70. The third-order valence-electron chi connectivity index (χ3n) is 3.92. The molecule has 1 aliphatic carbocycles. The molecule has 0 bridgehead atoms. The average Bonchev–Trinajstić information content (AvgIpc) is 2.95. The average molecular weight is 230 g/mol. The predicted octanol–water partition coefficient (Wildman–Crippen LogP) is 2.90. The zero-order valence-electron chi connectivity index (χ0n) is 10.1. The van der Waals surface area contributed by atoms with E-state index in [0.29, 0.717) is 0 Å². The molecule has 3 N–H and O–H groups in total. The van der Waals surface area contributed by atoms with Crippen molar-refractivity contribution in [1.29, 1.82) is 0 Å². The molecular weight excluding hydrogens is 212 g/mol. The number of hydrogen-bond donors (Lipinski definition) is 2. The fraction of sp³-hybridized carbons (Fsp3) is 0.429. The van der Waals surface area contributed by atoms with Crippen LogP contribution in [0, 0.1) is 0 Å². The molecule has 3 heteroatoms. The summed E-state index contributed by atoms with van der Waals surface area (Å²) < 4.78 is 5.29. The van der Waals surface area contributed by atoms with E-state index in [1.54, 1.807) is 7.11 Å². The monoisotopic (exact) mass is 230 g/mol. The van der Waals surface area contributed by atoms with Gasteiger partial charge in [0.25, 0.3) is 0 Å². The number of aromatic amines is 1. The van der Waals surface area contributed by atoms with Gasteiger partial charge in [0.2, 0.25) is 0 Å². The molecule has 1 aromatic carbocycles. The van der Waals surface area contributed by atoms with Gasteiger partial charge in [0.05, 0.1) is 7.11 Å². The van der Waals surface area contributed by atoms with Gasteiger partial charge in [-0.25, -0.2) is 0 Å². The first kappa shape index (κ1) is 10.7. The molecule has 1 aliphatic rings. The lowest BCUT2D eigenvalue weighted by molar-refractivity contribution is 0.415. The lowest BCUT2D eigenvalue weighted by Gasteiger charge is -2.23. The van der Waals surface area contributed by atoms with Crippen LogP contribution in [0.25, 0.3) is 10.9 Å². The molecule has 1 fully saturated rings. The maximum absolute atomic E-state index is 6.52. The molecule has 0 unspecified atom stereocenters. The Morgan fingerprint density at radius 2 is 2.06 bits per heavy atom. The Bertz CT molecular complexity index is 538. The van der Waals surface area contributed by atoms with Crippen molar-refractivity contribution in [3.8, 4) is 5.75 Å². The van der Waals surface area contributed by atoms with Crippen molar-refractivity contribution in [2.45, 2.75) is 31.2 Å². The fourth-order valence-corrected chi connectivity index (χ4v) is 2.91. The van der Waals surface area contributed by atoms with Gasteiger partial charge in [-0.15, -0.1) is 0 Å². The largest absolute Gasteiger partial charge is 0.497 e. The Balaban J connectivity index is 2.16. The fourth-order valence-electron chi connectivity index (χ4n) is 2.91. The standard InChI is InChI=1S/C14H18N2O/c1-17-10-4-5-13-11(8-10)12(9-16-13)14(15)6-2-3-7-14/h4-5,8-9,16H,2-3,6-7,15H2,1H3. The maximum Gasteiger partial charge on any atom is 0.119 e. The number of benzene rings is 1. The summed E-state index contributed by atoms with van der Waals surface area (Å²) in [4.78, 5) is 3.31. The summed E-state index contributed by atoms with van der Waals surface area (Å²) in [5.41, 5.74) is 8.75. The quantitative estimate of drug-likeness (QED) is 0.833. The lowest BCUT2D eigenvalue weighted by atomic mass is 9.89. The molecule has 0 amide bonds. The number of hydrogen-bond acceptors (Lipinski definition) is 2. The topological polar surface area (TPSA) is 51.0 Å². The predicted molar refractivity (Wildman–Crippen MR) is 69.2 cm³/mol. The molecule has 90 valence electrons. The minimum absolute atomic E-state index is 0.148. The second kappa shape index (κ2) is 3.77. The molecule has 1 saturated carbocycles. The molecule has 0 spiro atoms. The third-order valence-corrected chi connectivity index (χ3v) is 3.92. The van der Waals surface area contributed by atoms with Crippen LogP contribution in [0.3, 0.4) is 0 Å². The number of fused-ring (bicyclic) bond motifs is 1. The van der Waals surface area contributed by atoms with Crippen LogP contribution in [-0.2, 0) is 5.54 Å². The Hall–Kier alpha value is -1.48. The van der Waals surface area contributed by atoms with Crippen LogP contribution < -0.4 is 10.5 Å². The van der Waals surface area contributed by atoms with Gasteiger partial charge in [-0.05, 0) is 36.6 Å². The third kappa shape index (κ3) is 1.62. The second-order valence-electron chi connectivity index (χ2n) is 4.98. The van der Waals surface area contributed by atoms with Crippen LogP contribution >= 0.6 is 0 Å². The molecule has 17 heavy (non-hydrogen) atoms. The van der Waals surface area contributed by atoms with E-state index < -0.39 is 0 Å². The van der Waals surface area contributed by atoms with E-state index in [0.717, 1.165) is 24.1 Å². The first-order valence-corrected chi connectivity index (χ1v) is 6.17. The van der Waals surface area contributed by atoms with Crippen LogP contribution in [-0.4, -0.2) is 12.1 Å². The van der Waals surface area contributed by atoms with Crippen LogP contribution in [0.1, 0.15) is 31.2 Å². The summed E-state index contributed by atoms with van der Waals surface area (Å²) in [6, 6.07) is 6.10. The smallest absolute Gasteiger partial charge is 0.119 e. The van der Waals surface area contributed by atoms with Crippen molar-refractivity contribution in [3.63, 3.8) is 0 Å². The molecule has 0 atom stereocenters. The second-order valence-corrected chi connectivity index (χ2v) is 4.98. The van der Waals surface area contributed by atoms with Gasteiger partial charge >= 0.3 is 0 Å². The van der Waals surface area contributed by atoms with E-state index in [-0.39, 0.29) is 5.54 Å². The van der Waals surface area contributed by atoms with Crippen molar-refractivity contribution in [1.82, 2.24) is 4.98 Å². The number of aromatic nitrogens is 1. The molecule has 0 saturated heterocycles. The van der Waals surface area contributed by atoms with Crippen LogP contribution in [0.2, 0.25) is 0 Å². The minimum Gasteiger partial charge on any atom is -0.497 e. The van der Waals surface area contributed by atoms with Crippen LogP contribution in [0.15, 0.2) is 24.4 Å². The van der Waals surface area contributed by atoms with Gasteiger partial charge in [-0.3, -0.25) is 0 Å². The Morgan fingerprint density at radius 3 is 2.76 bits per heavy atom. The van der Waals surface area contributed by atoms with Crippen molar-refractivity contribution in [2.75, 3.05) is 7.11 Å². The van der Waals surface area contributed by atoms with Gasteiger partial charge < -0.3 is 15.5 Å². The number of nitrogens with one attached hydrogen (secondary N) is 1. The molecule has 3 rings (SSSR count). The summed E-state index contributed by atoms with van der Waals surface area (Å²) in [6.07, 6.45) is 6.68. The molecule has 2 aromatic rings. The maximum atomic E-state index is 6.52. The molecule has 1 heterocycles. The lowest BCUT2D eigenvalue weighted by Crippen LogP contribution is -2.32. The van der Waals surface area contributed by atoms with E-state index >= 15 is 0 Å². The number of H-pyrrole nitrogens is 1. The highest BCUT2D eigenvalue weighted by molar-refractivity contribution is 5.85. The van der Waals surface area contributed by atoms with Gasteiger partial charge in [0.15, 0.2) is 0 Å². The number of rotatable bonds is 2. The minimum atomic E-state index is -0.148. The molecule has 3 nitrogen and oxygen atoms in total. The van der Waals surface area contributed by atoms with Crippen LogP contribution in [0.4, 0.5) is 0 Å². The van der Waals surface area contributed by atoms with E-state index in [9.17, 15) is 0 Å². The number of nitrogens with two attached hydrogens (primary N) is 1. The molecule has 1 aromatic heterocycles. The Labute approximate surface area is 101 Å². The highest BCUT2D eigenvalue weighted by Gasteiger charge is 2.33. The number of methoxy groups -OCH3 is 1. The van der Waals surface area contributed by atoms with E-state index in [1.807, 2.05) is 6.07 Å². The zero-order chi connectivity index (χ0) is 11.9. The van der Waals surface area contributed by atoms with Gasteiger partial charge in [-0.1, -0.05) is 12.8 Å². The van der Waals surface area contributed by atoms with Crippen molar-refractivity contribution < 1.29 is 4.74 Å². The van der Waals surface area contributed by atoms with Crippen molar-refractivity contribution in [3.05, 3.63) is 30.0 Å². The van der Waals surface area contributed by atoms with Crippen molar-refractivity contribution in [2.24, 2.45) is 5.73 Å².